The Kier molecular flexibility index (Phi) is 12.9. The first-order chi connectivity index (χ1) is 18.8. The zero-order chi connectivity index (χ0) is 30.0. The van der Waals surface area contributed by atoms with Crippen LogP contribution in [0, 0.1) is 0 Å². The van der Waals surface area contributed by atoms with Gasteiger partial charge >= 0.3 is 5.97 Å². The Morgan fingerprint density at radius 1 is 1.12 bits per heavy atom. The van der Waals surface area contributed by atoms with Crippen molar-refractivity contribution in [2.24, 2.45) is 11.5 Å². The van der Waals surface area contributed by atoms with E-state index >= 15 is 0 Å². The number of hydrogen-bond acceptors (Lipinski definition) is 10. The van der Waals surface area contributed by atoms with E-state index in [-0.39, 0.29) is 19.4 Å². The van der Waals surface area contributed by atoms with Crippen LogP contribution in [0.1, 0.15) is 38.7 Å². The Labute approximate surface area is 232 Å². The Hall–Kier alpha value is -3.14. The van der Waals surface area contributed by atoms with Crippen molar-refractivity contribution in [2.75, 3.05) is 13.2 Å². The largest absolute Gasteiger partial charge is 0.481 e. The molecule has 224 valence electrons. The summed E-state index contributed by atoms with van der Waals surface area (Å²) < 4.78 is 11.3. The monoisotopic (exact) mass is 568 g/mol. The van der Waals surface area contributed by atoms with Crippen molar-refractivity contribution in [2.45, 2.75) is 88.4 Å². The van der Waals surface area contributed by atoms with E-state index in [2.05, 4.69) is 5.32 Å². The summed E-state index contributed by atoms with van der Waals surface area (Å²) >= 11 is 0. The number of aliphatic carboxylic acids is 1. The second-order valence-electron chi connectivity index (χ2n) is 9.86. The van der Waals surface area contributed by atoms with Crippen molar-refractivity contribution in [1.29, 1.82) is 0 Å². The number of aryl methyl sites for hydroxylation is 1. The fraction of sp³-hybridized carbons (Fsp3) is 0.615. The molecule has 0 aliphatic carbocycles. The molecule has 1 aromatic rings. The number of aliphatic hydroxyl groups is 3. The summed E-state index contributed by atoms with van der Waals surface area (Å²) in [6.45, 7) is 1.96. The van der Waals surface area contributed by atoms with Crippen molar-refractivity contribution in [3.8, 4) is 0 Å². The number of hydrogen-bond donors (Lipinski definition) is 7. The number of nitrogens with zero attached hydrogens (tertiary/aromatic N) is 1. The third-order valence-electron chi connectivity index (χ3n) is 6.54. The lowest BCUT2D eigenvalue weighted by Gasteiger charge is -2.44. The van der Waals surface area contributed by atoms with Crippen molar-refractivity contribution in [3.63, 3.8) is 0 Å². The molecule has 8 atom stereocenters. The van der Waals surface area contributed by atoms with Crippen LogP contribution >= 0.6 is 0 Å². The summed E-state index contributed by atoms with van der Waals surface area (Å²) in [7, 11) is 0. The second-order valence-corrected chi connectivity index (χ2v) is 9.86. The summed E-state index contributed by atoms with van der Waals surface area (Å²) in [5.74, 6) is -3.27. The molecule has 14 nitrogen and oxygen atoms in total. The number of carboxylic acids is 1. The Morgan fingerprint density at radius 3 is 2.33 bits per heavy atom. The van der Waals surface area contributed by atoms with E-state index in [1.807, 2.05) is 30.3 Å². The van der Waals surface area contributed by atoms with Gasteiger partial charge in [0.15, 0.2) is 6.29 Å². The van der Waals surface area contributed by atoms with Crippen LogP contribution in [0.3, 0.4) is 0 Å². The van der Waals surface area contributed by atoms with Gasteiger partial charge in [-0.2, -0.15) is 0 Å². The van der Waals surface area contributed by atoms with Gasteiger partial charge in [0.05, 0.1) is 18.8 Å². The van der Waals surface area contributed by atoms with Gasteiger partial charge in [0, 0.05) is 19.4 Å². The van der Waals surface area contributed by atoms with E-state index in [0.29, 0.717) is 6.42 Å². The number of rotatable bonds is 15. The SMILES string of the molecule is CC(CN(C(=O)[C@H](C)N)[C@H](CCC(=O)O)C(N)=O)O[C@H]1[C@H](O)[C@@H](CO)O[C@H](O)[C@@H]1NC(=O)CCc1ccccc1. The molecule has 9 N–H and O–H groups in total. The molecule has 1 aliphatic heterocycles. The smallest absolute Gasteiger partial charge is 0.303 e. The second kappa shape index (κ2) is 15.6. The van der Waals surface area contributed by atoms with Gasteiger partial charge < -0.3 is 51.6 Å². The van der Waals surface area contributed by atoms with Gasteiger partial charge in [-0.25, -0.2) is 0 Å². The average molecular weight is 569 g/mol. The third-order valence-corrected chi connectivity index (χ3v) is 6.54. The van der Waals surface area contributed by atoms with Crippen LogP contribution in [0.2, 0.25) is 0 Å². The molecule has 1 fully saturated rings. The minimum atomic E-state index is -1.64. The van der Waals surface area contributed by atoms with Gasteiger partial charge in [0.1, 0.15) is 30.4 Å². The van der Waals surface area contributed by atoms with E-state index in [4.69, 9.17) is 26.0 Å². The molecule has 0 bridgehead atoms. The standard InChI is InChI=1S/C26H40N4O10/c1-14(12-30(25(37)15(2)27)17(24(28)36)9-11-20(33)34)39-23-21(26(38)40-18(13-31)22(23)35)29-19(32)10-8-16-6-4-3-5-7-16/h3-7,14-15,17-18,21-23,26,31,35,38H,8-13,27H2,1-2H3,(H2,28,36)(H,29,32)(H,33,34)/t14?,15-,17+,18+,21+,22+,23+,26-/m0/s1. The molecular formula is C26H40N4O10. The minimum Gasteiger partial charge on any atom is -0.481 e. The predicted molar refractivity (Wildman–Crippen MR) is 140 cm³/mol. The topological polar surface area (TPSA) is 235 Å². The molecule has 0 aromatic heterocycles. The Balaban J connectivity index is 2.21. The number of primary amides is 1. The summed E-state index contributed by atoms with van der Waals surface area (Å²) in [6, 6.07) is 5.65. The molecule has 0 spiro atoms. The maximum Gasteiger partial charge on any atom is 0.303 e. The predicted octanol–water partition coefficient (Wildman–Crippen LogP) is -2.16. The molecule has 40 heavy (non-hydrogen) atoms. The van der Waals surface area contributed by atoms with Crippen LogP contribution < -0.4 is 16.8 Å². The number of carbonyl (C=O) groups is 4. The number of nitrogens with one attached hydrogen (secondary N) is 1. The molecule has 0 saturated carbocycles. The first-order valence-corrected chi connectivity index (χ1v) is 13.0. The maximum atomic E-state index is 12.9. The van der Waals surface area contributed by atoms with E-state index < -0.39 is 85.5 Å². The molecule has 3 amide bonds. The fourth-order valence-corrected chi connectivity index (χ4v) is 4.49. The maximum absolute atomic E-state index is 12.9. The van der Waals surface area contributed by atoms with E-state index in [1.165, 1.54) is 13.8 Å². The Morgan fingerprint density at radius 2 is 1.77 bits per heavy atom. The fourth-order valence-electron chi connectivity index (χ4n) is 4.49. The highest BCUT2D eigenvalue weighted by Crippen LogP contribution is 2.24. The van der Waals surface area contributed by atoms with Gasteiger partial charge in [0.2, 0.25) is 17.7 Å². The molecule has 1 unspecified atom stereocenters. The Bertz CT molecular complexity index is 995. The summed E-state index contributed by atoms with van der Waals surface area (Å²) in [5.41, 5.74) is 12.1. The van der Waals surface area contributed by atoms with Crippen molar-refractivity contribution < 1.29 is 49.1 Å². The van der Waals surface area contributed by atoms with E-state index in [9.17, 15) is 34.5 Å². The molecule has 1 heterocycles. The lowest BCUT2D eigenvalue weighted by atomic mass is 9.96. The average Bonchev–Trinajstić information content (AvgIpc) is 2.90. The van der Waals surface area contributed by atoms with Gasteiger partial charge in [-0.05, 0) is 32.3 Å². The number of aliphatic hydroxyl groups excluding tert-OH is 3. The molecule has 1 saturated heterocycles. The minimum absolute atomic E-state index is 0.0650. The molecule has 1 aliphatic rings. The lowest BCUT2D eigenvalue weighted by Crippen LogP contribution is -2.66. The number of carbonyl (C=O) groups excluding carboxylic acids is 3. The molecule has 0 radical (unpaired) electrons. The van der Waals surface area contributed by atoms with Gasteiger partial charge in [0.25, 0.3) is 0 Å². The summed E-state index contributed by atoms with van der Waals surface area (Å²) in [5, 5.41) is 42.7. The third kappa shape index (κ3) is 9.50. The van der Waals surface area contributed by atoms with E-state index in [0.717, 1.165) is 10.5 Å². The van der Waals surface area contributed by atoms with Gasteiger partial charge in [-0.1, -0.05) is 30.3 Å². The van der Waals surface area contributed by atoms with E-state index in [1.54, 1.807) is 0 Å². The number of benzene rings is 1. The first kappa shape index (κ1) is 33.1. The molecule has 2 rings (SSSR count). The van der Waals surface area contributed by atoms with Crippen LogP contribution in [0.25, 0.3) is 0 Å². The van der Waals surface area contributed by atoms with Crippen molar-refractivity contribution in [3.05, 3.63) is 35.9 Å². The van der Waals surface area contributed by atoms with Crippen molar-refractivity contribution in [1.82, 2.24) is 10.2 Å². The molecule has 1 aromatic carbocycles. The van der Waals surface area contributed by atoms with Gasteiger partial charge in [-0.3, -0.25) is 19.2 Å². The highest BCUT2D eigenvalue weighted by atomic mass is 16.6. The van der Waals surface area contributed by atoms with Gasteiger partial charge in [-0.15, -0.1) is 0 Å². The normalized spacial score (nSPS) is 24.9. The summed E-state index contributed by atoms with van der Waals surface area (Å²) in [6.07, 6.45) is -6.83. The quantitative estimate of drug-likeness (QED) is 0.120. The van der Waals surface area contributed by atoms with Crippen LogP contribution in [0.4, 0.5) is 0 Å². The first-order valence-electron chi connectivity index (χ1n) is 13.0. The van der Waals surface area contributed by atoms with Crippen molar-refractivity contribution >= 4 is 23.7 Å². The molecule has 14 heteroatoms. The number of nitrogens with two attached hydrogens (primary N) is 2. The highest BCUT2D eigenvalue weighted by Gasteiger charge is 2.47. The highest BCUT2D eigenvalue weighted by molar-refractivity contribution is 5.89. The zero-order valence-electron chi connectivity index (χ0n) is 22.6. The number of amides is 3. The van der Waals surface area contributed by atoms with Crippen LogP contribution in [-0.4, -0.2) is 111 Å². The molecular weight excluding hydrogens is 528 g/mol. The number of ether oxygens (including phenoxy) is 2. The van der Waals surface area contributed by atoms with Crippen LogP contribution in [0.5, 0.6) is 0 Å². The zero-order valence-corrected chi connectivity index (χ0v) is 22.6. The number of carboxylic acid groups (broad SMARTS) is 1. The summed E-state index contributed by atoms with van der Waals surface area (Å²) in [4.78, 5) is 49.9. The van der Waals surface area contributed by atoms with Crippen LogP contribution in [-0.2, 0) is 35.1 Å². The van der Waals surface area contributed by atoms with Crippen LogP contribution in [0.15, 0.2) is 30.3 Å². The lowest BCUT2D eigenvalue weighted by molar-refractivity contribution is -0.268.